The highest BCUT2D eigenvalue weighted by Gasteiger charge is 2.49. The van der Waals surface area contributed by atoms with E-state index in [1.165, 1.54) is 22.8 Å². The van der Waals surface area contributed by atoms with E-state index in [-0.39, 0.29) is 5.60 Å². The fourth-order valence-corrected chi connectivity index (χ4v) is 6.70. The molecule has 3 rings (SSSR count). The number of hydrogen-bond acceptors (Lipinski definition) is 1. The molecule has 1 aliphatic carbocycles. The molecule has 118 valence electrons. The number of rotatable bonds is 2. The molecule has 0 unspecified atom stereocenters. The van der Waals surface area contributed by atoms with Gasteiger partial charge in [0.25, 0.3) is 0 Å². The molecular formula is C20H28OSi. The predicted molar refractivity (Wildman–Crippen MR) is 97.0 cm³/mol. The largest absolute Gasteiger partial charge is 0.400 e. The fraction of sp³-hybridized carbons (Fsp3) is 0.500. The second-order valence-corrected chi connectivity index (χ2v) is 11.5. The maximum absolute atomic E-state index is 6.81. The van der Waals surface area contributed by atoms with E-state index in [4.69, 9.17) is 4.43 Å². The van der Waals surface area contributed by atoms with Crippen molar-refractivity contribution in [2.24, 2.45) is 11.8 Å². The molecule has 0 amide bonds. The first-order valence-electron chi connectivity index (χ1n) is 8.50. The minimum Gasteiger partial charge on any atom is -0.400 e. The monoisotopic (exact) mass is 312 g/mol. The summed E-state index contributed by atoms with van der Waals surface area (Å²) in [6.45, 7) is 11.6. The Morgan fingerprint density at radius 3 is 2.50 bits per heavy atom. The Kier molecular flexibility index (Phi) is 3.94. The van der Waals surface area contributed by atoms with Crippen molar-refractivity contribution in [1.29, 1.82) is 0 Å². The summed E-state index contributed by atoms with van der Waals surface area (Å²) >= 11 is 0. The van der Waals surface area contributed by atoms with Crippen molar-refractivity contribution in [3.05, 3.63) is 53.6 Å². The molecule has 1 aliphatic heterocycles. The van der Waals surface area contributed by atoms with Crippen LogP contribution in [0.15, 0.2) is 48.1 Å². The summed E-state index contributed by atoms with van der Waals surface area (Å²) in [5.41, 5.74) is 2.61. The Hall–Kier alpha value is -1.12. The van der Waals surface area contributed by atoms with Gasteiger partial charge in [-0.2, -0.15) is 0 Å². The van der Waals surface area contributed by atoms with E-state index in [1.807, 2.05) is 0 Å². The average molecular weight is 313 g/mol. The van der Waals surface area contributed by atoms with Gasteiger partial charge in [0, 0.05) is 0 Å². The molecule has 1 aromatic carbocycles. The fourth-order valence-electron chi connectivity index (χ4n) is 3.93. The predicted octanol–water partition coefficient (Wildman–Crippen LogP) is 5.60. The smallest absolute Gasteiger partial charge is 0.220 e. The van der Waals surface area contributed by atoms with Gasteiger partial charge in [-0.1, -0.05) is 50.3 Å². The van der Waals surface area contributed by atoms with E-state index >= 15 is 0 Å². The zero-order chi connectivity index (χ0) is 16.0. The average Bonchev–Trinajstić information content (AvgIpc) is 2.75. The van der Waals surface area contributed by atoms with Crippen LogP contribution in [0.5, 0.6) is 0 Å². The zero-order valence-electron chi connectivity index (χ0n) is 14.5. The highest BCUT2D eigenvalue weighted by atomic mass is 28.4. The molecule has 0 N–H and O–H groups in total. The standard InChI is InChI=1S/C20H28OSi/c1-15(2)18-12-11-16(3)20(13-18)14-19(22(4,5)21-20)17-9-7-6-8-10-17/h6-11,14-15,18H,12-13H2,1-5H3/t18-,20+/m1/s1. The quantitative estimate of drug-likeness (QED) is 0.510. The van der Waals surface area contributed by atoms with Gasteiger partial charge < -0.3 is 4.43 Å². The van der Waals surface area contributed by atoms with Crippen LogP contribution >= 0.6 is 0 Å². The lowest BCUT2D eigenvalue weighted by atomic mass is 9.74. The lowest BCUT2D eigenvalue weighted by molar-refractivity contribution is 0.107. The minimum atomic E-state index is -1.86. The van der Waals surface area contributed by atoms with Gasteiger partial charge in [0.1, 0.15) is 0 Å². The van der Waals surface area contributed by atoms with Gasteiger partial charge in [-0.05, 0) is 67.1 Å². The van der Waals surface area contributed by atoms with Crippen molar-refractivity contribution in [2.45, 2.75) is 52.3 Å². The Labute approximate surface area is 136 Å². The second kappa shape index (κ2) is 5.50. The van der Waals surface area contributed by atoms with Gasteiger partial charge >= 0.3 is 0 Å². The molecule has 1 nitrogen and oxygen atoms in total. The van der Waals surface area contributed by atoms with Crippen LogP contribution in [-0.4, -0.2) is 13.9 Å². The molecule has 2 aliphatic rings. The first-order valence-corrected chi connectivity index (χ1v) is 11.4. The van der Waals surface area contributed by atoms with Gasteiger partial charge in [-0.15, -0.1) is 0 Å². The molecule has 0 aromatic heterocycles. The topological polar surface area (TPSA) is 9.23 Å². The molecule has 2 atom stereocenters. The summed E-state index contributed by atoms with van der Waals surface area (Å²) in [5, 5.41) is 1.46. The first-order chi connectivity index (χ1) is 10.3. The van der Waals surface area contributed by atoms with Gasteiger partial charge in [0.2, 0.25) is 8.32 Å². The third-order valence-electron chi connectivity index (χ3n) is 5.45. The van der Waals surface area contributed by atoms with E-state index in [0.717, 1.165) is 12.3 Å². The highest BCUT2D eigenvalue weighted by molar-refractivity contribution is 6.90. The maximum Gasteiger partial charge on any atom is 0.220 e. The third-order valence-corrected chi connectivity index (χ3v) is 8.06. The summed E-state index contributed by atoms with van der Waals surface area (Å²) in [6.07, 6.45) is 7.23. The molecule has 0 radical (unpaired) electrons. The second-order valence-electron chi connectivity index (χ2n) is 7.76. The van der Waals surface area contributed by atoms with Gasteiger partial charge in [0.15, 0.2) is 0 Å². The first kappa shape index (κ1) is 15.8. The van der Waals surface area contributed by atoms with E-state index in [0.29, 0.717) is 5.92 Å². The summed E-state index contributed by atoms with van der Waals surface area (Å²) in [7, 11) is -1.86. The van der Waals surface area contributed by atoms with Crippen molar-refractivity contribution in [3.8, 4) is 0 Å². The Bertz CT molecular complexity index is 612. The Morgan fingerprint density at radius 2 is 1.86 bits per heavy atom. The Morgan fingerprint density at radius 1 is 1.18 bits per heavy atom. The van der Waals surface area contributed by atoms with E-state index in [9.17, 15) is 0 Å². The zero-order valence-corrected chi connectivity index (χ0v) is 15.5. The molecule has 2 heteroatoms. The molecule has 0 bridgehead atoms. The van der Waals surface area contributed by atoms with E-state index in [1.54, 1.807) is 0 Å². The van der Waals surface area contributed by atoms with Crippen LogP contribution in [0.1, 0.15) is 39.2 Å². The maximum atomic E-state index is 6.81. The molecule has 1 spiro atoms. The van der Waals surface area contributed by atoms with Crippen LogP contribution in [0.3, 0.4) is 0 Å². The van der Waals surface area contributed by atoms with Crippen molar-refractivity contribution in [1.82, 2.24) is 0 Å². The van der Waals surface area contributed by atoms with Gasteiger partial charge in [0.05, 0.1) is 5.60 Å². The van der Waals surface area contributed by atoms with Crippen LogP contribution < -0.4 is 0 Å². The summed E-state index contributed by atoms with van der Waals surface area (Å²) < 4.78 is 6.81. The van der Waals surface area contributed by atoms with Crippen molar-refractivity contribution in [3.63, 3.8) is 0 Å². The highest BCUT2D eigenvalue weighted by Crippen LogP contribution is 2.49. The number of benzene rings is 1. The molecule has 0 saturated carbocycles. The van der Waals surface area contributed by atoms with Gasteiger partial charge in [-0.3, -0.25) is 0 Å². The van der Waals surface area contributed by atoms with Crippen LogP contribution in [0, 0.1) is 11.8 Å². The molecule has 1 heterocycles. The molecule has 1 aromatic rings. The normalized spacial score (nSPS) is 30.5. The summed E-state index contributed by atoms with van der Waals surface area (Å²) in [5.74, 6) is 1.43. The van der Waals surface area contributed by atoms with Gasteiger partial charge in [-0.25, -0.2) is 0 Å². The van der Waals surface area contributed by atoms with Crippen molar-refractivity contribution < 1.29 is 4.43 Å². The lowest BCUT2D eigenvalue weighted by Gasteiger charge is -2.40. The number of hydrogen-bond donors (Lipinski definition) is 0. The van der Waals surface area contributed by atoms with Crippen LogP contribution in [0.2, 0.25) is 13.1 Å². The minimum absolute atomic E-state index is 0.145. The van der Waals surface area contributed by atoms with Crippen molar-refractivity contribution in [2.75, 3.05) is 0 Å². The van der Waals surface area contributed by atoms with Crippen molar-refractivity contribution >= 4 is 13.5 Å². The summed E-state index contributed by atoms with van der Waals surface area (Å²) in [4.78, 5) is 0. The molecule has 0 saturated heterocycles. The third kappa shape index (κ3) is 2.63. The Balaban J connectivity index is 2.04. The molecular weight excluding hydrogens is 284 g/mol. The van der Waals surface area contributed by atoms with Crippen LogP contribution in [-0.2, 0) is 4.43 Å². The lowest BCUT2D eigenvalue weighted by Crippen LogP contribution is -2.42. The van der Waals surface area contributed by atoms with Crippen LogP contribution in [0.4, 0.5) is 0 Å². The van der Waals surface area contributed by atoms with Crippen LogP contribution in [0.25, 0.3) is 5.20 Å². The molecule has 0 fully saturated rings. The number of allylic oxidation sites excluding steroid dienone is 1. The van der Waals surface area contributed by atoms with E-state index < -0.39 is 8.32 Å². The molecule has 22 heavy (non-hydrogen) atoms. The summed E-state index contributed by atoms with van der Waals surface area (Å²) in [6, 6.07) is 10.8. The van der Waals surface area contributed by atoms with E-state index in [2.05, 4.69) is 76.3 Å². The SMILES string of the molecule is CC1=CC[C@@H](C(C)C)C[C@]12C=C(c1ccccc1)[Si](C)(C)O2.